The lowest BCUT2D eigenvalue weighted by atomic mass is 10.4. The molecule has 1 aliphatic heterocycles. The van der Waals surface area contributed by atoms with Gasteiger partial charge in [-0.15, -0.1) is 0 Å². The molecule has 1 aliphatic rings. The summed E-state index contributed by atoms with van der Waals surface area (Å²) in [4.78, 5) is 3.01. The van der Waals surface area contributed by atoms with E-state index < -0.39 is 0 Å². The van der Waals surface area contributed by atoms with Crippen molar-refractivity contribution in [2.75, 3.05) is 0 Å². The van der Waals surface area contributed by atoms with Gasteiger partial charge in [0, 0.05) is 0 Å². The third-order valence-electron chi connectivity index (χ3n) is 1.89. The van der Waals surface area contributed by atoms with Gasteiger partial charge in [0.15, 0.2) is 4.77 Å². The second-order valence-electron chi connectivity index (χ2n) is 2.59. The average Bonchev–Trinajstić information content (AvgIpc) is 2.56. The number of aromatic nitrogens is 2. The van der Waals surface area contributed by atoms with Gasteiger partial charge in [0.1, 0.15) is 6.54 Å². The first-order chi connectivity index (χ1) is 5.83. The standard InChI is InChI=1S/C7H7N3OS/c8-1-2-10-6-4-11-3-5(6)9-7(10)12/h2-4H2,(H,9,12). The quantitative estimate of drug-likeness (QED) is 0.660. The van der Waals surface area contributed by atoms with Crippen molar-refractivity contribution in [2.45, 2.75) is 19.8 Å². The van der Waals surface area contributed by atoms with Crippen LogP contribution >= 0.6 is 12.2 Å². The van der Waals surface area contributed by atoms with Crippen molar-refractivity contribution in [3.8, 4) is 6.07 Å². The Bertz CT molecular complexity index is 398. The number of rotatable bonds is 1. The second kappa shape index (κ2) is 2.73. The summed E-state index contributed by atoms with van der Waals surface area (Å²) in [6, 6.07) is 2.06. The molecule has 12 heavy (non-hydrogen) atoms. The number of H-pyrrole nitrogens is 1. The van der Waals surface area contributed by atoms with E-state index in [2.05, 4.69) is 11.1 Å². The molecule has 62 valence electrons. The second-order valence-corrected chi connectivity index (χ2v) is 2.98. The highest BCUT2D eigenvalue weighted by molar-refractivity contribution is 7.71. The van der Waals surface area contributed by atoms with Gasteiger partial charge in [-0.1, -0.05) is 0 Å². The summed E-state index contributed by atoms with van der Waals surface area (Å²) < 4.78 is 7.58. The molecule has 0 bridgehead atoms. The Balaban J connectivity index is 2.53. The van der Waals surface area contributed by atoms with E-state index in [4.69, 9.17) is 22.2 Å². The molecule has 1 aromatic rings. The Morgan fingerprint density at radius 2 is 2.50 bits per heavy atom. The van der Waals surface area contributed by atoms with Crippen LogP contribution in [0.15, 0.2) is 0 Å². The van der Waals surface area contributed by atoms with Crippen molar-refractivity contribution in [1.82, 2.24) is 9.55 Å². The number of fused-ring (bicyclic) bond motifs is 1. The maximum atomic E-state index is 8.52. The van der Waals surface area contributed by atoms with Crippen molar-refractivity contribution in [3.63, 3.8) is 0 Å². The van der Waals surface area contributed by atoms with Crippen molar-refractivity contribution in [3.05, 3.63) is 16.2 Å². The molecule has 0 aliphatic carbocycles. The molecule has 0 atom stereocenters. The van der Waals surface area contributed by atoms with Gasteiger partial charge in [0.05, 0.1) is 30.7 Å². The van der Waals surface area contributed by atoms with E-state index in [0.29, 0.717) is 24.5 Å². The summed E-state index contributed by atoms with van der Waals surface area (Å²) in [7, 11) is 0. The predicted octanol–water partition coefficient (Wildman–Crippen LogP) is 1.10. The van der Waals surface area contributed by atoms with Crippen LogP contribution in [0.25, 0.3) is 0 Å². The SMILES string of the molecule is N#CCn1c2c([nH]c1=S)COC2. The van der Waals surface area contributed by atoms with E-state index in [-0.39, 0.29) is 0 Å². The molecule has 0 saturated carbocycles. The number of ether oxygens (including phenoxy) is 1. The fourth-order valence-electron chi connectivity index (χ4n) is 1.33. The summed E-state index contributed by atoms with van der Waals surface area (Å²) in [5.74, 6) is 0. The van der Waals surface area contributed by atoms with Gasteiger partial charge in [-0.3, -0.25) is 0 Å². The Morgan fingerprint density at radius 3 is 3.25 bits per heavy atom. The Kier molecular flexibility index (Phi) is 1.71. The molecule has 0 fully saturated rings. The van der Waals surface area contributed by atoms with Crippen LogP contribution in [-0.2, 0) is 24.5 Å². The average molecular weight is 181 g/mol. The number of imidazole rings is 1. The molecule has 0 radical (unpaired) electrons. The monoisotopic (exact) mass is 181 g/mol. The van der Waals surface area contributed by atoms with Crippen molar-refractivity contribution in [1.29, 1.82) is 5.26 Å². The minimum absolute atomic E-state index is 0.300. The van der Waals surface area contributed by atoms with Gasteiger partial charge in [0.25, 0.3) is 0 Å². The van der Waals surface area contributed by atoms with E-state index in [1.165, 1.54) is 0 Å². The molecule has 0 saturated heterocycles. The van der Waals surface area contributed by atoms with E-state index in [1.807, 2.05) is 0 Å². The van der Waals surface area contributed by atoms with Gasteiger partial charge in [-0.2, -0.15) is 5.26 Å². The van der Waals surface area contributed by atoms with Crippen molar-refractivity contribution in [2.24, 2.45) is 0 Å². The third kappa shape index (κ3) is 0.967. The first-order valence-corrected chi connectivity index (χ1v) is 3.99. The van der Waals surface area contributed by atoms with Gasteiger partial charge in [0.2, 0.25) is 0 Å². The highest BCUT2D eigenvalue weighted by Gasteiger charge is 2.17. The van der Waals surface area contributed by atoms with Crippen LogP contribution in [0.3, 0.4) is 0 Å². The first-order valence-electron chi connectivity index (χ1n) is 3.58. The van der Waals surface area contributed by atoms with E-state index >= 15 is 0 Å². The minimum Gasteiger partial charge on any atom is -0.369 e. The lowest BCUT2D eigenvalue weighted by Gasteiger charge is -1.97. The van der Waals surface area contributed by atoms with Crippen LogP contribution in [0.1, 0.15) is 11.4 Å². The smallest absolute Gasteiger partial charge is 0.178 e. The molecule has 0 spiro atoms. The van der Waals surface area contributed by atoms with Gasteiger partial charge < -0.3 is 14.3 Å². The summed E-state index contributed by atoms with van der Waals surface area (Å²) in [5.41, 5.74) is 2.02. The Morgan fingerprint density at radius 1 is 1.67 bits per heavy atom. The lowest BCUT2D eigenvalue weighted by molar-refractivity contribution is 0.129. The van der Waals surface area contributed by atoms with Gasteiger partial charge >= 0.3 is 0 Å². The van der Waals surface area contributed by atoms with Crippen LogP contribution in [-0.4, -0.2) is 9.55 Å². The fraction of sp³-hybridized carbons (Fsp3) is 0.429. The van der Waals surface area contributed by atoms with Crippen LogP contribution in [0.4, 0.5) is 0 Å². The molecule has 1 aromatic heterocycles. The van der Waals surface area contributed by atoms with Gasteiger partial charge in [-0.25, -0.2) is 0 Å². The van der Waals surface area contributed by atoms with E-state index in [9.17, 15) is 0 Å². The van der Waals surface area contributed by atoms with Crippen molar-refractivity contribution >= 4 is 12.2 Å². The maximum absolute atomic E-state index is 8.52. The topological polar surface area (TPSA) is 53.7 Å². The number of hydrogen-bond donors (Lipinski definition) is 1. The third-order valence-corrected chi connectivity index (χ3v) is 2.21. The molecule has 0 aromatic carbocycles. The number of nitrogens with one attached hydrogen (secondary N) is 1. The molecule has 4 nitrogen and oxygen atoms in total. The van der Waals surface area contributed by atoms with Crippen molar-refractivity contribution < 1.29 is 4.74 Å². The molecule has 5 heteroatoms. The molecule has 2 heterocycles. The van der Waals surface area contributed by atoms with Crippen LogP contribution in [0, 0.1) is 16.1 Å². The molecular formula is C7H7N3OS. The highest BCUT2D eigenvalue weighted by atomic mass is 32.1. The summed E-state index contributed by atoms with van der Waals surface area (Å²) in [6.07, 6.45) is 0. The zero-order valence-electron chi connectivity index (χ0n) is 6.33. The number of hydrogen-bond acceptors (Lipinski definition) is 3. The molecular weight excluding hydrogens is 174 g/mol. The maximum Gasteiger partial charge on any atom is 0.178 e. The highest BCUT2D eigenvalue weighted by Crippen LogP contribution is 2.18. The summed E-state index contributed by atoms with van der Waals surface area (Å²) >= 11 is 5.03. The molecule has 1 N–H and O–H groups in total. The first kappa shape index (κ1) is 7.53. The van der Waals surface area contributed by atoms with E-state index in [0.717, 1.165) is 11.4 Å². The Labute approximate surface area is 74.4 Å². The molecule has 2 rings (SSSR count). The van der Waals surface area contributed by atoms with Crippen LogP contribution in [0.5, 0.6) is 0 Å². The zero-order chi connectivity index (χ0) is 8.55. The van der Waals surface area contributed by atoms with Gasteiger partial charge in [-0.05, 0) is 12.2 Å². The largest absolute Gasteiger partial charge is 0.369 e. The summed E-state index contributed by atoms with van der Waals surface area (Å²) in [6.45, 7) is 1.44. The number of nitriles is 1. The number of nitrogens with zero attached hydrogens (tertiary/aromatic N) is 2. The minimum atomic E-state index is 0.300. The molecule has 0 amide bonds. The normalized spacial score (nSPS) is 14.2. The zero-order valence-corrected chi connectivity index (χ0v) is 7.15. The number of aromatic amines is 1. The summed E-state index contributed by atoms with van der Waals surface area (Å²) in [5, 5.41) is 8.52. The van der Waals surface area contributed by atoms with Crippen LogP contribution in [0.2, 0.25) is 0 Å². The molecule has 0 unspecified atom stereocenters. The van der Waals surface area contributed by atoms with Crippen LogP contribution < -0.4 is 0 Å². The Hall–Kier alpha value is -1.12. The predicted molar refractivity (Wildman–Crippen MR) is 43.7 cm³/mol. The van der Waals surface area contributed by atoms with E-state index in [1.54, 1.807) is 4.57 Å². The fourth-order valence-corrected chi connectivity index (χ4v) is 1.62. The lowest BCUT2D eigenvalue weighted by Crippen LogP contribution is -2.00.